The van der Waals surface area contributed by atoms with E-state index in [0.717, 1.165) is 22.2 Å². The Kier molecular flexibility index (Phi) is 6.13. The van der Waals surface area contributed by atoms with E-state index in [1.807, 2.05) is 11.5 Å². The lowest BCUT2D eigenvalue weighted by atomic mass is 10.0. The molecule has 1 N–H and O–H groups in total. The molecule has 0 saturated carbocycles. The fourth-order valence-electron chi connectivity index (χ4n) is 3.53. The molecule has 0 aliphatic heterocycles. The number of fused-ring (bicyclic) bond motifs is 1. The van der Waals surface area contributed by atoms with Crippen molar-refractivity contribution in [2.24, 2.45) is 0 Å². The summed E-state index contributed by atoms with van der Waals surface area (Å²) in [6.07, 6.45) is 0.531. The molecule has 0 radical (unpaired) electrons. The molecule has 0 aliphatic rings. The second-order valence-electron chi connectivity index (χ2n) is 6.80. The van der Waals surface area contributed by atoms with Crippen molar-refractivity contribution in [2.45, 2.75) is 26.8 Å². The molecule has 0 spiro atoms. The predicted molar refractivity (Wildman–Crippen MR) is 117 cm³/mol. The summed E-state index contributed by atoms with van der Waals surface area (Å²) in [6.45, 7) is 4.35. The van der Waals surface area contributed by atoms with Crippen molar-refractivity contribution >= 4 is 32.6 Å². The van der Waals surface area contributed by atoms with Gasteiger partial charge in [-0.3, -0.25) is 4.72 Å². The summed E-state index contributed by atoms with van der Waals surface area (Å²) in [5.74, 6) is -0.385. The van der Waals surface area contributed by atoms with E-state index in [0.29, 0.717) is 29.8 Å². The Morgan fingerprint density at radius 2 is 1.87 bits per heavy atom. The number of sulfonamides is 1. The Balaban J connectivity index is 2.11. The van der Waals surface area contributed by atoms with Crippen molar-refractivity contribution in [1.82, 2.24) is 4.57 Å². The van der Waals surface area contributed by atoms with Gasteiger partial charge in [0.15, 0.2) is 0 Å². The average Bonchev–Trinajstić information content (AvgIpc) is 3.05. The lowest BCUT2D eigenvalue weighted by molar-refractivity contribution is 0.0601. The molecule has 1 heterocycles. The molecule has 3 rings (SSSR count). The van der Waals surface area contributed by atoms with Gasteiger partial charge in [0.2, 0.25) is 10.0 Å². The van der Waals surface area contributed by atoms with Crippen LogP contribution in [0.5, 0.6) is 0 Å². The fourth-order valence-corrected chi connectivity index (χ4v) is 4.67. The number of ether oxygens (including phenoxy) is 1. The van der Waals surface area contributed by atoms with E-state index in [-0.39, 0.29) is 5.75 Å². The third-order valence-electron chi connectivity index (χ3n) is 4.82. The first-order chi connectivity index (χ1) is 14.3. The number of hydrogen-bond donors (Lipinski definition) is 1. The summed E-state index contributed by atoms with van der Waals surface area (Å²) in [5, 5.41) is 10.6. The highest BCUT2D eigenvalue weighted by Crippen LogP contribution is 2.34. The number of carbonyl (C=O) groups excluding carboxylic acids is 1. The molecule has 8 heteroatoms. The van der Waals surface area contributed by atoms with Crippen LogP contribution >= 0.6 is 0 Å². The highest BCUT2D eigenvalue weighted by atomic mass is 32.2. The summed E-state index contributed by atoms with van der Waals surface area (Å²) < 4.78 is 33.3. The molecule has 7 nitrogen and oxygen atoms in total. The van der Waals surface area contributed by atoms with Crippen LogP contribution in [0.3, 0.4) is 0 Å². The first kappa shape index (κ1) is 21.4. The number of carbonyl (C=O) groups is 1. The first-order valence-electron chi connectivity index (χ1n) is 9.60. The van der Waals surface area contributed by atoms with Gasteiger partial charge >= 0.3 is 5.97 Å². The molecule has 3 aromatic rings. The van der Waals surface area contributed by atoms with Gasteiger partial charge in [0.1, 0.15) is 6.07 Å². The smallest absolute Gasteiger partial charge is 0.337 e. The molecule has 1 aromatic heterocycles. The molecule has 0 atom stereocenters. The molecule has 0 aliphatic carbocycles. The van der Waals surface area contributed by atoms with E-state index >= 15 is 0 Å². The number of esters is 1. The second-order valence-corrected chi connectivity index (χ2v) is 8.64. The number of benzene rings is 2. The quantitative estimate of drug-likeness (QED) is 0.573. The summed E-state index contributed by atoms with van der Waals surface area (Å²) in [7, 11) is -2.05. The topological polar surface area (TPSA) is 101 Å². The number of anilines is 1. The number of nitriles is 1. The zero-order valence-electron chi connectivity index (χ0n) is 17.1. The minimum Gasteiger partial charge on any atom is -0.465 e. The minimum atomic E-state index is -3.38. The lowest BCUT2D eigenvalue weighted by Gasteiger charge is -2.11. The first-order valence-corrected chi connectivity index (χ1v) is 11.3. The molecule has 156 valence electrons. The summed E-state index contributed by atoms with van der Waals surface area (Å²) in [5.41, 5.74) is 3.65. The third kappa shape index (κ3) is 4.02. The molecule has 2 aromatic carbocycles. The Morgan fingerprint density at radius 3 is 2.43 bits per heavy atom. The number of methoxy groups -OCH3 is 1. The summed E-state index contributed by atoms with van der Waals surface area (Å²) in [4.78, 5) is 11.9. The van der Waals surface area contributed by atoms with E-state index in [1.165, 1.54) is 7.11 Å². The number of rotatable bonds is 7. The van der Waals surface area contributed by atoms with Gasteiger partial charge in [0.25, 0.3) is 0 Å². The summed E-state index contributed by atoms with van der Waals surface area (Å²) >= 11 is 0. The van der Waals surface area contributed by atoms with Gasteiger partial charge < -0.3 is 9.30 Å². The summed E-state index contributed by atoms with van der Waals surface area (Å²) in [6, 6.07) is 14.3. The van der Waals surface area contributed by atoms with Crippen molar-refractivity contribution in [3.05, 3.63) is 53.6 Å². The van der Waals surface area contributed by atoms with Gasteiger partial charge in [-0.1, -0.05) is 25.1 Å². The van der Waals surface area contributed by atoms with Gasteiger partial charge in [-0.15, -0.1) is 0 Å². The van der Waals surface area contributed by atoms with E-state index < -0.39 is 16.0 Å². The zero-order chi connectivity index (χ0) is 21.9. The third-order valence-corrected chi connectivity index (χ3v) is 6.31. The van der Waals surface area contributed by atoms with Crippen LogP contribution in [0.4, 0.5) is 5.69 Å². The number of hydrogen-bond acceptors (Lipinski definition) is 5. The van der Waals surface area contributed by atoms with E-state index in [9.17, 15) is 18.5 Å². The number of nitrogens with zero attached hydrogens (tertiary/aromatic N) is 2. The minimum absolute atomic E-state index is 0.0555. The fraction of sp³-hybridized carbons (Fsp3) is 0.273. The van der Waals surface area contributed by atoms with Gasteiger partial charge in [-0.2, -0.15) is 5.26 Å². The largest absolute Gasteiger partial charge is 0.465 e. The Hall–Kier alpha value is -3.31. The maximum absolute atomic E-state index is 12.0. The molecule has 0 bridgehead atoms. The molecular weight excluding hydrogens is 402 g/mol. The maximum Gasteiger partial charge on any atom is 0.337 e. The normalized spacial score (nSPS) is 11.3. The van der Waals surface area contributed by atoms with Crippen LogP contribution in [0.2, 0.25) is 0 Å². The average molecular weight is 426 g/mol. The van der Waals surface area contributed by atoms with Crippen LogP contribution in [-0.2, 0) is 21.3 Å². The van der Waals surface area contributed by atoms with Crippen molar-refractivity contribution < 1.29 is 17.9 Å². The van der Waals surface area contributed by atoms with Gasteiger partial charge in [0.05, 0.1) is 35.2 Å². The second kappa shape index (κ2) is 8.59. The van der Waals surface area contributed by atoms with Gasteiger partial charge in [-0.25, -0.2) is 13.2 Å². The molecule has 0 unspecified atom stereocenters. The Morgan fingerprint density at radius 1 is 1.17 bits per heavy atom. The highest BCUT2D eigenvalue weighted by molar-refractivity contribution is 7.92. The molecular formula is C22H23N3O4S. The molecule has 0 fully saturated rings. The zero-order valence-corrected chi connectivity index (χ0v) is 17.9. The van der Waals surface area contributed by atoms with E-state index in [4.69, 9.17) is 4.74 Å². The van der Waals surface area contributed by atoms with Crippen LogP contribution in [0.1, 0.15) is 36.2 Å². The van der Waals surface area contributed by atoms with Crippen molar-refractivity contribution in [3.63, 3.8) is 0 Å². The number of aromatic nitrogens is 1. The van der Waals surface area contributed by atoms with E-state index in [1.54, 1.807) is 49.4 Å². The monoisotopic (exact) mass is 425 g/mol. The standard InChI is InChI=1S/C22H23N3O4S/c1-4-12-30(27,28)24-17-9-6-15(7-10-17)21-19(14-23)18-11-8-16(22(26)29-3)13-20(18)25(21)5-2/h6-11,13,24H,4-5,12H2,1-3H3. The van der Waals surface area contributed by atoms with Gasteiger partial charge in [-0.05, 0) is 43.2 Å². The molecule has 30 heavy (non-hydrogen) atoms. The van der Waals surface area contributed by atoms with Crippen molar-refractivity contribution in [1.29, 1.82) is 5.26 Å². The van der Waals surface area contributed by atoms with Crippen LogP contribution < -0.4 is 4.72 Å². The number of nitrogens with one attached hydrogen (secondary N) is 1. The molecule has 0 amide bonds. The Labute approximate surface area is 175 Å². The van der Waals surface area contributed by atoms with Crippen molar-refractivity contribution in [2.75, 3.05) is 17.6 Å². The highest BCUT2D eigenvalue weighted by Gasteiger charge is 2.20. The maximum atomic E-state index is 12.0. The van der Waals surface area contributed by atoms with Crippen LogP contribution in [0.15, 0.2) is 42.5 Å². The Bertz CT molecular complexity index is 1240. The van der Waals surface area contributed by atoms with Crippen molar-refractivity contribution in [3.8, 4) is 17.3 Å². The SMILES string of the molecule is CCCS(=O)(=O)Nc1ccc(-c2c(C#N)c3ccc(C(=O)OC)cc3n2CC)cc1. The molecule has 0 saturated heterocycles. The lowest BCUT2D eigenvalue weighted by Crippen LogP contribution is -2.15. The van der Waals surface area contributed by atoms with E-state index in [2.05, 4.69) is 10.8 Å². The van der Waals surface area contributed by atoms with Crippen LogP contribution in [-0.4, -0.2) is 31.8 Å². The number of aryl methyl sites for hydroxylation is 1. The van der Waals surface area contributed by atoms with Crippen LogP contribution in [0, 0.1) is 11.3 Å². The predicted octanol–water partition coefficient (Wildman–Crippen LogP) is 4.14. The van der Waals surface area contributed by atoms with Crippen LogP contribution in [0.25, 0.3) is 22.2 Å². The van der Waals surface area contributed by atoms with Gasteiger partial charge in [0, 0.05) is 17.6 Å².